The number of carbonyl (C=O) groups excluding carboxylic acids is 1. The summed E-state index contributed by atoms with van der Waals surface area (Å²) in [6, 6.07) is 0.237. The van der Waals surface area contributed by atoms with Crippen LogP contribution in [-0.2, 0) is 4.79 Å². The number of hydrogen-bond acceptors (Lipinski definition) is 3. The van der Waals surface area contributed by atoms with Gasteiger partial charge >= 0.3 is 0 Å². The Hall–Kier alpha value is -0.610. The lowest BCUT2D eigenvalue weighted by molar-refractivity contribution is -0.123. The molecule has 3 N–H and O–H groups in total. The highest BCUT2D eigenvalue weighted by molar-refractivity contribution is 5.78. The number of rotatable bonds is 2. The lowest BCUT2D eigenvalue weighted by Crippen LogP contribution is -2.50. The van der Waals surface area contributed by atoms with E-state index in [1.807, 2.05) is 20.8 Å². The maximum atomic E-state index is 11.6. The average Bonchev–Trinajstić information content (AvgIpc) is 1.99. The molecule has 0 aromatic heterocycles. The smallest absolute Gasteiger partial charge is 0.234 e. The molecule has 0 aromatic rings. The van der Waals surface area contributed by atoms with Crippen molar-refractivity contribution in [3.63, 3.8) is 0 Å². The van der Waals surface area contributed by atoms with Gasteiger partial charge in [0, 0.05) is 18.1 Å². The highest BCUT2D eigenvalue weighted by atomic mass is 16.2. The number of likely N-dealkylation sites (tertiary alicyclic amines) is 1. The number of amides is 1. The van der Waals surface area contributed by atoms with E-state index >= 15 is 0 Å². The molecule has 1 aliphatic heterocycles. The zero-order chi connectivity index (χ0) is 11.5. The second-order valence-electron chi connectivity index (χ2n) is 5.44. The van der Waals surface area contributed by atoms with Gasteiger partial charge in [0.2, 0.25) is 5.91 Å². The molecule has 1 amide bonds. The van der Waals surface area contributed by atoms with E-state index in [0.29, 0.717) is 6.54 Å². The van der Waals surface area contributed by atoms with Gasteiger partial charge in [-0.25, -0.2) is 0 Å². The van der Waals surface area contributed by atoms with Gasteiger partial charge in [-0.05, 0) is 40.2 Å². The molecule has 1 atom stereocenters. The van der Waals surface area contributed by atoms with E-state index in [-0.39, 0.29) is 17.5 Å². The van der Waals surface area contributed by atoms with Crippen molar-refractivity contribution in [2.24, 2.45) is 5.73 Å². The summed E-state index contributed by atoms with van der Waals surface area (Å²) < 4.78 is 0. The van der Waals surface area contributed by atoms with Gasteiger partial charge < -0.3 is 11.1 Å². The Morgan fingerprint density at radius 1 is 1.53 bits per heavy atom. The van der Waals surface area contributed by atoms with Crippen molar-refractivity contribution in [3.05, 3.63) is 0 Å². The Bertz CT molecular complexity index is 222. The first-order chi connectivity index (χ1) is 6.87. The molecule has 0 bridgehead atoms. The van der Waals surface area contributed by atoms with Gasteiger partial charge in [-0.15, -0.1) is 0 Å². The SMILES string of the molecule is CC(C)(C)NC(=O)CN1CCCC(N)C1. The van der Waals surface area contributed by atoms with E-state index in [2.05, 4.69) is 10.2 Å². The molecule has 4 heteroatoms. The molecule has 1 unspecified atom stereocenters. The lowest BCUT2D eigenvalue weighted by Gasteiger charge is -2.31. The second kappa shape index (κ2) is 4.94. The zero-order valence-electron chi connectivity index (χ0n) is 10.0. The van der Waals surface area contributed by atoms with Gasteiger partial charge in [-0.2, -0.15) is 0 Å². The van der Waals surface area contributed by atoms with Gasteiger partial charge in [0.15, 0.2) is 0 Å². The first-order valence-corrected chi connectivity index (χ1v) is 5.66. The molecule has 1 aliphatic rings. The summed E-state index contributed by atoms with van der Waals surface area (Å²) in [5, 5.41) is 2.96. The summed E-state index contributed by atoms with van der Waals surface area (Å²) >= 11 is 0. The minimum atomic E-state index is -0.144. The van der Waals surface area contributed by atoms with E-state index in [4.69, 9.17) is 5.73 Å². The molecule has 0 radical (unpaired) electrons. The van der Waals surface area contributed by atoms with E-state index in [0.717, 1.165) is 25.9 Å². The number of piperidine rings is 1. The Labute approximate surface area is 92.2 Å². The molecule has 88 valence electrons. The molecule has 0 aromatic carbocycles. The fourth-order valence-corrected chi connectivity index (χ4v) is 1.90. The summed E-state index contributed by atoms with van der Waals surface area (Å²) in [4.78, 5) is 13.8. The Balaban J connectivity index is 2.31. The summed E-state index contributed by atoms with van der Waals surface area (Å²) in [7, 11) is 0. The topological polar surface area (TPSA) is 58.4 Å². The van der Waals surface area contributed by atoms with E-state index in [1.165, 1.54) is 0 Å². The Morgan fingerprint density at radius 3 is 2.73 bits per heavy atom. The van der Waals surface area contributed by atoms with E-state index in [1.54, 1.807) is 0 Å². The van der Waals surface area contributed by atoms with Crippen molar-refractivity contribution in [2.75, 3.05) is 19.6 Å². The molecule has 0 spiro atoms. The van der Waals surface area contributed by atoms with Crippen molar-refractivity contribution in [2.45, 2.75) is 45.2 Å². The van der Waals surface area contributed by atoms with Crippen LogP contribution in [0.1, 0.15) is 33.6 Å². The van der Waals surface area contributed by atoms with E-state index < -0.39 is 0 Å². The van der Waals surface area contributed by atoms with Crippen LogP contribution >= 0.6 is 0 Å². The van der Waals surface area contributed by atoms with Crippen molar-refractivity contribution < 1.29 is 4.79 Å². The quantitative estimate of drug-likeness (QED) is 0.695. The number of nitrogens with one attached hydrogen (secondary N) is 1. The van der Waals surface area contributed by atoms with Crippen LogP contribution in [0.2, 0.25) is 0 Å². The molecule has 0 aliphatic carbocycles. The summed E-state index contributed by atoms with van der Waals surface area (Å²) in [6.45, 7) is 8.29. The van der Waals surface area contributed by atoms with Crippen LogP contribution in [0.15, 0.2) is 0 Å². The van der Waals surface area contributed by atoms with Crippen LogP contribution in [0.25, 0.3) is 0 Å². The molecule has 1 rings (SSSR count). The third-order valence-electron chi connectivity index (χ3n) is 2.42. The highest BCUT2D eigenvalue weighted by Crippen LogP contribution is 2.07. The van der Waals surface area contributed by atoms with Gasteiger partial charge in [0.1, 0.15) is 0 Å². The maximum absolute atomic E-state index is 11.6. The van der Waals surface area contributed by atoms with Gasteiger partial charge in [-0.3, -0.25) is 9.69 Å². The maximum Gasteiger partial charge on any atom is 0.234 e. The second-order valence-corrected chi connectivity index (χ2v) is 5.44. The Morgan fingerprint density at radius 2 is 2.20 bits per heavy atom. The van der Waals surface area contributed by atoms with Crippen LogP contribution in [0.4, 0.5) is 0 Å². The van der Waals surface area contributed by atoms with Gasteiger partial charge in [0.25, 0.3) is 0 Å². The van der Waals surface area contributed by atoms with Crippen molar-refractivity contribution in [1.29, 1.82) is 0 Å². The third-order valence-corrected chi connectivity index (χ3v) is 2.42. The van der Waals surface area contributed by atoms with Crippen LogP contribution in [-0.4, -0.2) is 42.0 Å². The fraction of sp³-hybridized carbons (Fsp3) is 0.909. The predicted octanol–water partition coefficient (Wildman–Crippen LogP) is 0.324. The number of nitrogens with zero attached hydrogens (tertiary/aromatic N) is 1. The summed E-state index contributed by atoms with van der Waals surface area (Å²) in [5.74, 6) is 0.0941. The summed E-state index contributed by atoms with van der Waals surface area (Å²) in [6.07, 6.45) is 2.18. The molecular weight excluding hydrogens is 190 g/mol. The van der Waals surface area contributed by atoms with E-state index in [9.17, 15) is 4.79 Å². The minimum absolute atomic E-state index is 0.0941. The monoisotopic (exact) mass is 213 g/mol. The normalized spacial score (nSPS) is 23.9. The number of nitrogens with two attached hydrogens (primary N) is 1. The first-order valence-electron chi connectivity index (χ1n) is 5.66. The number of hydrogen-bond donors (Lipinski definition) is 2. The zero-order valence-corrected chi connectivity index (χ0v) is 10.0. The van der Waals surface area contributed by atoms with Gasteiger partial charge in [-0.1, -0.05) is 0 Å². The minimum Gasteiger partial charge on any atom is -0.350 e. The van der Waals surface area contributed by atoms with Gasteiger partial charge in [0.05, 0.1) is 6.54 Å². The van der Waals surface area contributed by atoms with Crippen molar-refractivity contribution >= 4 is 5.91 Å². The van der Waals surface area contributed by atoms with Crippen molar-refractivity contribution in [1.82, 2.24) is 10.2 Å². The standard InChI is InChI=1S/C11H23N3O/c1-11(2,3)13-10(15)8-14-6-4-5-9(12)7-14/h9H,4-8,12H2,1-3H3,(H,13,15). The molecule has 4 nitrogen and oxygen atoms in total. The molecule has 15 heavy (non-hydrogen) atoms. The van der Waals surface area contributed by atoms with Crippen LogP contribution in [0.5, 0.6) is 0 Å². The lowest BCUT2D eigenvalue weighted by atomic mass is 10.1. The Kier molecular flexibility index (Phi) is 4.11. The first kappa shape index (κ1) is 12.5. The van der Waals surface area contributed by atoms with Crippen LogP contribution in [0, 0.1) is 0 Å². The highest BCUT2D eigenvalue weighted by Gasteiger charge is 2.20. The molecule has 0 saturated carbocycles. The average molecular weight is 213 g/mol. The molecule has 1 saturated heterocycles. The summed E-state index contributed by atoms with van der Waals surface area (Å²) in [5.41, 5.74) is 5.71. The van der Waals surface area contributed by atoms with Crippen LogP contribution in [0.3, 0.4) is 0 Å². The van der Waals surface area contributed by atoms with Crippen molar-refractivity contribution in [3.8, 4) is 0 Å². The predicted molar refractivity (Wildman–Crippen MR) is 61.5 cm³/mol. The largest absolute Gasteiger partial charge is 0.350 e. The van der Waals surface area contributed by atoms with Crippen LogP contribution < -0.4 is 11.1 Å². The molecule has 1 heterocycles. The number of carbonyl (C=O) groups is 1. The molecular formula is C11H23N3O. The third kappa shape index (κ3) is 5.14. The fourth-order valence-electron chi connectivity index (χ4n) is 1.90. The molecule has 1 fully saturated rings.